The summed E-state index contributed by atoms with van der Waals surface area (Å²) < 4.78 is 5.72. The topological polar surface area (TPSA) is 79.0 Å². The Balaban J connectivity index is 1.90. The third kappa shape index (κ3) is 5.10. The fraction of sp³-hybridized carbons (Fsp3) is 0.400. The van der Waals surface area contributed by atoms with E-state index in [9.17, 15) is 14.4 Å². The fourth-order valence-corrected chi connectivity index (χ4v) is 3.74. The Morgan fingerprint density at radius 2 is 1.66 bits per heavy atom. The summed E-state index contributed by atoms with van der Waals surface area (Å²) in [6.07, 6.45) is -1.24. The lowest BCUT2D eigenvalue weighted by Gasteiger charge is -2.29. The fourth-order valence-electron chi connectivity index (χ4n) is 3.74. The average molecular weight is 438 g/mol. The monoisotopic (exact) mass is 437 g/mol. The largest absolute Gasteiger partial charge is 0.438 e. The molecule has 7 heteroatoms. The van der Waals surface area contributed by atoms with Crippen LogP contribution in [0.1, 0.15) is 44.9 Å². The van der Waals surface area contributed by atoms with Gasteiger partial charge in [0.1, 0.15) is 0 Å². The van der Waals surface area contributed by atoms with Crippen LogP contribution in [-0.4, -0.2) is 46.8 Å². The van der Waals surface area contributed by atoms with E-state index in [1.807, 2.05) is 58.0 Å². The van der Waals surface area contributed by atoms with Gasteiger partial charge >= 0.3 is 6.09 Å². The second kappa shape index (κ2) is 10.3. The number of amides is 3. The predicted molar refractivity (Wildman–Crippen MR) is 123 cm³/mol. The van der Waals surface area contributed by atoms with Crippen LogP contribution in [0.4, 0.5) is 10.5 Å². The number of cyclic esters (lactones) is 1. The van der Waals surface area contributed by atoms with E-state index in [2.05, 4.69) is 5.32 Å². The Morgan fingerprint density at radius 3 is 2.22 bits per heavy atom. The molecule has 0 spiro atoms. The maximum absolute atomic E-state index is 13.4. The number of nitrogens with zero attached hydrogens (tertiary/aromatic N) is 2. The molecule has 3 amide bonds. The number of hydrogen-bond donors (Lipinski definition) is 1. The van der Waals surface area contributed by atoms with Gasteiger partial charge in [0.2, 0.25) is 11.8 Å². The van der Waals surface area contributed by atoms with Gasteiger partial charge in [0.05, 0.1) is 6.54 Å². The molecule has 2 unspecified atom stereocenters. The van der Waals surface area contributed by atoms with Gasteiger partial charge in [-0.25, -0.2) is 4.79 Å². The van der Waals surface area contributed by atoms with Crippen molar-refractivity contribution in [3.63, 3.8) is 0 Å². The predicted octanol–water partition coefficient (Wildman–Crippen LogP) is 4.21. The number of anilines is 1. The summed E-state index contributed by atoms with van der Waals surface area (Å²) in [4.78, 5) is 41.4. The Bertz CT molecular complexity index is 939. The van der Waals surface area contributed by atoms with Gasteiger partial charge in [-0.1, -0.05) is 56.3 Å². The van der Waals surface area contributed by atoms with Gasteiger partial charge in [0.15, 0.2) is 12.1 Å². The maximum atomic E-state index is 13.4. The zero-order valence-corrected chi connectivity index (χ0v) is 19.1. The van der Waals surface area contributed by atoms with Crippen LogP contribution in [0.2, 0.25) is 0 Å². The molecule has 2 atom stereocenters. The number of benzene rings is 2. The van der Waals surface area contributed by atoms with Gasteiger partial charge in [0, 0.05) is 24.7 Å². The molecular weight excluding hydrogens is 406 g/mol. The Hall–Kier alpha value is -3.35. The van der Waals surface area contributed by atoms with Crippen molar-refractivity contribution < 1.29 is 19.1 Å². The number of hydrogen-bond acceptors (Lipinski definition) is 4. The first-order chi connectivity index (χ1) is 15.3. The zero-order valence-electron chi connectivity index (χ0n) is 19.1. The van der Waals surface area contributed by atoms with E-state index < -0.39 is 18.2 Å². The van der Waals surface area contributed by atoms with Crippen LogP contribution in [0.5, 0.6) is 0 Å². The van der Waals surface area contributed by atoms with Gasteiger partial charge < -0.3 is 15.0 Å². The summed E-state index contributed by atoms with van der Waals surface area (Å²) in [7, 11) is 0. The van der Waals surface area contributed by atoms with Crippen LogP contribution in [0.3, 0.4) is 0 Å². The molecule has 170 valence electrons. The molecule has 0 bridgehead atoms. The standard InChI is InChI=1S/C25H31N3O4/c1-5-27(6-2)24(30)21-22(19-12-14-20(15-13-19)26-23(29)17(3)4)32-25(31)28(21)16-18-10-8-7-9-11-18/h7-15,17,21-22H,5-6,16H2,1-4H3,(H,26,29). The molecule has 1 fully saturated rings. The molecule has 1 aliphatic heterocycles. The molecule has 1 saturated heterocycles. The van der Waals surface area contributed by atoms with Crippen LogP contribution >= 0.6 is 0 Å². The minimum absolute atomic E-state index is 0.0753. The third-order valence-electron chi connectivity index (χ3n) is 5.64. The summed E-state index contributed by atoms with van der Waals surface area (Å²) in [5, 5.41) is 2.85. The average Bonchev–Trinajstić information content (AvgIpc) is 3.11. The van der Waals surface area contributed by atoms with Gasteiger partial charge in [0.25, 0.3) is 0 Å². The molecule has 0 radical (unpaired) electrons. The van der Waals surface area contributed by atoms with Crippen LogP contribution in [-0.2, 0) is 20.9 Å². The van der Waals surface area contributed by atoms with Crippen LogP contribution in [0.25, 0.3) is 0 Å². The van der Waals surface area contributed by atoms with E-state index in [4.69, 9.17) is 4.74 Å². The van der Waals surface area contributed by atoms with Gasteiger partial charge in [-0.2, -0.15) is 0 Å². The van der Waals surface area contributed by atoms with Crippen molar-refractivity contribution in [1.82, 2.24) is 9.80 Å². The van der Waals surface area contributed by atoms with E-state index >= 15 is 0 Å². The van der Waals surface area contributed by atoms with Crippen molar-refractivity contribution >= 4 is 23.6 Å². The van der Waals surface area contributed by atoms with E-state index in [1.54, 1.807) is 29.2 Å². The second-order valence-corrected chi connectivity index (χ2v) is 8.14. The number of carbonyl (C=O) groups excluding carboxylic acids is 3. The third-order valence-corrected chi connectivity index (χ3v) is 5.64. The van der Waals surface area contributed by atoms with Crippen LogP contribution in [0, 0.1) is 5.92 Å². The molecule has 7 nitrogen and oxygen atoms in total. The highest BCUT2D eigenvalue weighted by atomic mass is 16.6. The van der Waals surface area contributed by atoms with Gasteiger partial charge in [-0.05, 0) is 37.1 Å². The van der Waals surface area contributed by atoms with Gasteiger partial charge in [-0.3, -0.25) is 14.5 Å². The lowest BCUT2D eigenvalue weighted by molar-refractivity contribution is -0.136. The van der Waals surface area contributed by atoms with Crippen LogP contribution in [0.15, 0.2) is 54.6 Å². The molecule has 0 aliphatic carbocycles. The highest BCUT2D eigenvalue weighted by Crippen LogP contribution is 2.35. The lowest BCUT2D eigenvalue weighted by Crippen LogP contribution is -2.48. The van der Waals surface area contributed by atoms with Crippen LogP contribution < -0.4 is 5.32 Å². The first kappa shape index (κ1) is 23.3. The SMILES string of the molecule is CCN(CC)C(=O)C1C(c2ccc(NC(=O)C(C)C)cc2)OC(=O)N1Cc1ccccc1. The first-order valence-electron chi connectivity index (χ1n) is 11.1. The van der Waals surface area contributed by atoms with Crippen molar-refractivity contribution in [2.24, 2.45) is 5.92 Å². The highest BCUT2D eigenvalue weighted by molar-refractivity contribution is 5.92. The molecule has 1 heterocycles. The van der Waals surface area contributed by atoms with Crippen molar-refractivity contribution in [1.29, 1.82) is 0 Å². The molecule has 3 rings (SSSR count). The highest BCUT2D eigenvalue weighted by Gasteiger charge is 2.48. The number of likely N-dealkylation sites (N-methyl/N-ethyl adjacent to an activating group) is 1. The summed E-state index contributed by atoms with van der Waals surface area (Å²) in [5.74, 6) is -0.347. The summed E-state index contributed by atoms with van der Waals surface area (Å²) in [6.45, 7) is 8.87. The zero-order chi connectivity index (χ0) is 23.3. The Morgan fingerprint density at radius 1 is 1.03 bits per heavy atom. The minimum atomic E-state index is -0.765. The van der Waals surface area contributed by atoms with Crippen molar-refractivity contribution in [3.05, 3.63) is 65.7 Å². The molecule has 0 saturated carbocycles. The van der Waals surface area contributed by atoms with Crippen molar-refractivity contribution in [2.45, 2.75) is 46.4 Å². The minimum Gasteiger partial charge on any atom is -0.438 e. The number of ether oxygens (including phenoxy) is 1. The van der Waals surface area contributed by atoms with Gasteiger partial charge in [-0.15, -0.1) is 0 Å². The molecular formula is C25H31N3O4. The summed E-state index contributed by atoms with van der Waals surface area (Å²) in [6, 6.07) is 15.9. The van der Waals surface area contributed by atoms with E-state index in [1.165, 1.54) is 4.90 Å². The summed E-state index contributed by atoms with van der Waals surface area (Å²) >= 11 is 0. The molecule has 32 heavy (non-hydrogen) atoms. The molecule has 1 aliphatic rings. The van der Waals surface area contributed by atoms with Crippen molar-refractivity contribution in [3.8, 4) is 0 Å². The lowest BCUT2D eigenvalue weighted by atomic mass is 9.99. The molecule has 1 N–H and O–H groups in total. The first-order valence-corrected chi connectivity index (χ1v) is 11.1. The molecule has 2 aromatic carbocycles. The smallest absolute Gasteiger partial charge is 0.411 e. The van der Waals surface area contributed by atoms with E-state index in [-0.39, 0.29) is 24.3 Å². The summed E-state index contributed by atoms with van der Waals surface area (Å²) in [5.41, 5.74) is 2.29. The van der Waals surface area contributed by atoms with E-state index in [0.717, 1.165) is 5.56 Å². The van der Waals surface area contributed by atoms with E-state index in [0.29, 0.717) is 24.3 Å². The second-order valence-electron chi connectivity index (χ2n) is 8.14. The molecule has 0 aromatic heterocycles. The number of rotatable bonds is 8. The van der Waals surface area contributed by atoms with Crippen molar-refractivity contribution in [2.75, 3.05) is 18.4 Å². The Labute approximate surface area is 189 Å². The maximum Gasteiger partial charge on any atom is 0.411 e. The Kier molecular flexibility index (Phi) is 7.51. The normalized spacial score (nSPS) is 17.9. The number of nitrogens with one attached hydrogen (secondary N) is 1. The quantitative estimate of drug-likeness (QED) is 0.671. The molecule has 2 aromatic rings. The number of carbonyl (C=O) groups is 3.